The number of hydrogen-bond donors (Lipinski definition) is 2. The number of benzene rings is 3. The number of hydrogen-bond acceptors (Lipinski definition) is 5. The van der Waals surface area contributed by atoms with E-state index in [1.165, 1.54) is 10.9 Å². The summed E-state index contributed by atoms with van der Waals surface area (Å²) < 4.78 is 6.97. The Morgan fingerprint density at radius 1 is 1.05 bits per heavy atom. The van der Waals surface area contributed by atoms with E-state index < -0.39 is 23.6 Å². The molecule has 1 amide bonds. The van der Waals surface area contributed by atoms with Gasteiger partial charge in [0.1, 0.15) is 17.7 Å². The predicted molar refractivity (Wildman–Crippen MR) is 139 cm³/mol. The molecule has 2 N–H and O–H groups in total. The van der Waals surface area contributed by atoms with Crippen LogP contribution in [-0.4, -0.2) is 26.9 Å². The van der Waals surface area contributed by atoms with Crippen molar-refractivity contribution in [2.75, 3.05) is 5.32 Å². The Morgan fingerprint density at radius 3 is 2.32 bits per heavy atom. The van der Waals surface area contributed by atoms with Crippen LogP contribution in [0.2, 0.25) is 0 Å². The maximum atomic E-state index is 12.9. The summed E-state index contributed by atoms with van der Waals surface area (Å²) in [5.74, 6) is -0.865. The van der Waals surface area contributed by atoms with Gasteiger partial charge in [0.15, 0.2) is 5.82 Å². The maximum absolute atomic E-state index is 12.9. The van der Waals surface area contributed by atoms with Crippen LogP contribution in [0.25, 0.3) is 16.8 Å². The zero-order valence-corrected chi connectivity index (χ0v) is 20.7. The molecule has 1 heterocycles. The molecule has 1 atom stereocenters. The van der Waals surface area contributed by atoms with Crippen molar-refractivity contribution in [1.82, 2.24) is 9.78 Å². The molecule has 1 unspecified atom stereocenters. The molecule has 8 nitrogen and oxygen atoms in total. The molecular formula is C29H26N4O4. The van der Waals surface area contributed by atoms with Crippen LogP contribution in [0.3, 0.4) is 0 Å². The number of nitrogens with zero attached hydrogens (tertiary/aromatic N) is 3. The van der Waals surface area contributed by atoms with Gasteiger partial charge in [0, 0.05) is 5.56 Å². The lowest BCUT2D eigenvalue weighted by atomic mass is 9.83. The van der Waals surface area contributed by atoms with E-state index in [4.69, 9.17) is 4.74 Å². The van der Waals surface area contributed by atoms with E-state index in [1.54, 1.807) is 32.9 Å². The van der Waals surface area contributed by atoms with Gasteiger partial charge < -0.3 is 9.84 Å². The minimum Gasteiger partial charge on any atom is -0.481 e. The monoisotopic (exact) mass is 494 g/mol. The lowest BCUT2D eigenvalue weighted by Crippen LogP contribution is -2.28. The SMILES string of the molecule is CC(OC(=O)Nc1c(C#N)cnn1-c1cc(C(C)(C)C(=O)O)ccc1-c1ccccc1)c1ccccc1. The van der Waals surface area contributed by atoms with Crippen LogP contribution in [0.1, 0.15) is 43.6 Å². The van der Waals surface area contributed by atoms with Crippen molar-refractivity contribution in [2.24, 2.45) is 0 Å². The highest BCUT2D eigenvalue weighted by atomic mass is 16.6. The second-order valence-electron chi connectivity index (χ2n) is 9.04. The van der Waals surface area contributed by atoms with E-state index in [9.17, 15) is 20.0 Å². The Hall–Kier alpha value is -4.90. The first kappa shape index (κ1) is 25.2. The summed E-state index contributed by atoms with van der Waals surface area (Å²) in [7, 11) is 0. The number of amides is 1. The van der Waals surface area contributed by atoms with Crippen molar-refractivity contribution in [2.45, 2.75) is 32.3 Å². The topological polar surface area (TPSA) is 117 Å². The van der Waals surface area contributed by atoms with E-state index in [2.05, 4.69) is 16.5 Å². The number of carbonyl (C=O) groups excluding carboxylic acids is 1. The second-order valence-corrected chi connectivity index (χ2v) is 9.04. The summed E-state index contributed by atoms with van der Waals surface area (Å²) in [5, 5.41) is 26.6. The number of carbonyl (C=O) groups is 2. The number of carboxylic acids is 1. The van der Waals surface area contributed by atoms with Crippen molar-refractivity contribution in [3.63, 3.8) is 0 Å². The van der Waals surface area contributed by atoms with Gasteiger partial charge in [-0.05, 0) is 43.5 Å². The lowest BCUT2D eigenvalue weighted by molar-refractivity contribution is -0.142. The molecule has 4 rings (SSSR count). The van der Waals surface area contributed by atoms with Gasteiger partial charge in [-0.2, -0.15) is 10.4 Å². The van der Waals surface area contributed by atoms with Crippen LogP contribution < -0.4 is 5.32 Å². The number of anilines is 1. The Labute approximate surface area is 214 Å². The Balaban J connectivity index is 1.78. The smallest absolute Gasteiger partial charge is 0.413 e. The van der Waals surface area contributed by atoms with Crippen molar-refractivity contribution < 1.29 is 19.4 Å². The molecule has 37 heavy (non-hydrogen) atoms. The van der Waals surface area contributed by atoms with Gasteiger partial charge in [-0.1, -0.05) is 72.8 Å². The normalized spacial score (nSPS) is 11.8. The van der Waals surface area contributed by atoms with Gasteiger partial charge in [-0.3, -0.25) is 10.1 Å². The second kappa shape index (κ2) is 10.4. The first-order valence-electron chi connectivity index (χ1n) is 11.7. The molecule has 0 spiro atoms. The molecule has 0 aliphatic rings. The molecule has 0 aliphatic heterocycles. The van der Waals surface area contributed by atoms with Crippen LogP contribution in [0.15, 0.2) is 85.1 Å². The van der Waals surface area contributed by atoms with E-state index >= 15 is 0 Å². The van der Waals surface area contributed by atoms with Crippen LogP contribution in [0.4, 0.5) is 10.6 Å². The minimum absolute atomic E-state index is 0.121. The predicted octanol–water partition coefficient (Wildman–Crippen LogP) is 6.08. The molecule has 0 saturated heterocycles. The van der Waals surface area contributed by atoms with Crippen LogP contribution in [-0.2, 0) is 14.9 Å². The van der Waals surface area contributed by atoms with Crippen LogP contribution in [0.5, 0.6) is 0 Å². The van der Waals surface area contributed by atoms with Crippen molar-refractivity contribution in [3.05, 3.63) is 102 Å². The number of nitriles is 1. The number of carboxylic acid groups (broad SMARTS) is 1. The van der Waals surface area contributed by atoms with Crippen LogP contribution >= 0.6 is 0 Å². The summed E-state index contributed by atoms with van der Waals surface area (Å²) in [6.07, 6.45) is 0.0700. The van der Waals surface area contributed by atoms with E-state index in [1.807, 2.05) is 66.7 Å². The third-order valence-corrected chi connectivity index (χ3v) is 6.23. The van der Waals surface area contributed by atoms with Crippen LogP contribution in [0, 0.1) is 11.3 Å². The number of ether oxygens (including phenoxy) is 1. The molecule has 0 bridgehead atoms. The molecule has 4 aromatic rings. The van der Waals surface area contributed by atoms with Gasteiger partial charge in [0.05, 0.1) is 17.3 Å². The molecule has 3 aromatic carbocycles. The van der Waals surface area contributed by atoms with Crippen molar-refractivity contribution >= 4 is 17.9 Å². The van der Waals surface area contributed by atoms with Gasteiger partial charge in [0.2, 0.25) is 0 Å². The van der Waals surface area contributed by atoms with Gasteiger partial charge in [-0.25, -0.2) is 9.48 Å². The average Bonchev–Trinajstić information content (AvgIpc) is 3.31. The highest BCUT2D eigenvalue weighted by Crippen LogP contribution is 2.34. The largest absolute Gasteiger partial charge is 0.481 e. The highest BCUT2D eigenvalue weighted by Gasteiger charge is 2.31. The molecule has 0 saturated carbocycles. The number of nitrogens with one attached hydrogen (secondary N) is 1. The molecule has 186 valence electrons. The Kier molecular flexibility index (Phi) is 7.07. The van der Waals surface area contributed by atoms with E-state index in [0.717, 1.165) is 16.7 Å². The Bertz CT molecular complexity index is 1470. The average molecular weight is 495 g/mol. The molecule has 1 aromatic heterocycles. The third-order valence-electron chi connectivity index (χ3n) is 6.23. The number of aliphatic carboxylic acids is 1. The van der Waals surface area contributed by atoms with Gasteiger partial charge in [-0.15, -0.1) is 0 Å². The molecule has 0 aliphatic carbocycles. The fourth-order valence-electron chi connectivity index (χ4n) is 3.89. The lowest BCUT2D eigenvalue weighted by Gasteiger charge is -2.22. The summed E-state index contributed by atoms with van der Waals surface area (Å²) >= 11 is 0. The highest BCUT2D eigenvalue weighted by molar-refractivity contribution is 5.87. The van der Waals surface area contributed by atoms with E-state index in [-0.39, 0.29) is 11.4 Å². The quantitative estimate of drug-likeness (QED) is 0.321. The molecule has 0 radical (unpaired) electrons. The number of aromatic nitrogens is 2. The minimum atomic E-state index is -1.19. The van der Waals surface area contributed by atoms with Crippen molar-refractivity contribution in [1.29, 1.82) is 5.26 Å². The van der Waals surface area contributed by atoms with Gasteiger partial charge in [0.25, 0.3) is 0 Å². The molecule has 8 heteroatoms. The standard InChI is InChI=1S/C29H26N4O4/c1-19(20-10-6-4-7-11-20)37-28(36)32-26-22(17-30)18-31-33(26)25-16-23(29(2,3)27(34)35)14-15-24(25)21-12-8-5-9-13-21/h4-16,18-19H,1-3H3,(H,32,36)(H,34,35). The molecule has 0 fully saturated rings. The van der Waals surface area contributed by atoms with Crippen molar-refractivity contribution in [3.8, 4) is 22.9 Å². The number of rotatable bonds is 7. The molecular weight excluding hydrogens is 468 g/mol. The summed E-state index contributed by atoms with van der Waals surface area (Å²) in [5.41, 5.74) is 2.41. The van der Waals surface area contributed by atoms with Gasteiger partial charge >= 0.3 is 12.1 Å². The summed E-state index contributed by atoms with van der Waals surface area (Å²) in [6.45, 7) is 4.98. The zero-order valence-electron chi connectivity index (χ0n) is 20.7. The maximum Gasteiger partial charge on any atom is 0.413 e. The third kappa shape index (κ3) is 5.21. The fraction of sp³-hybridized carbons (Fsp3) is 0.172. The summed E-state index contributed by atoms with van der Waals surface area (Å²) in [6, 6.07) is 26.1. The Morgan fingerprint density at radius 2 is 1.70 bits per heavy atom. The fourth-order valence-corrected chi connectivity index (χ4v) is 3.89. The van der Waals surface area contributed by atoms with E-state index in [0.29, 0.717) is 11.3 Å². The zero-order chi connectivity index (χ0) is 26.6. The first-order valence-corrected chi connectivity index (χ1v) is 11.7. The first-order chi connectivity index (χ1) is 17.7. The summed E-state index contributed by atoms with van der Waals surface area (Å²) in [4.78, 5) is 24.8.